The number of nitriles is 1. The quantitative estimate of drug-likeness (QED) is 0.902. The van der Waals surface area contributed by atoms with Crippen molar-refractivity contribution in [3.63, 3.8) is 0 Å². The third-order valence-electron chi connectivity index (χ3n) is 3.25. The summed E-state index contributed by atoms with van der Waals surface area (Å²) in [5, 5.41) is 19.9. The lowest BCUT2D eigenvalue weighted by Crippen LogP contribution is -2.34. The molecule has 0 heterocycles. The van der Waals surface area contributed by atoms with E-state index in [0.717, 1.165) is 23.7 Å². The topological polar surface area (TPSA) is 44.0 Å². The van der Waals surface area contributed by atoms with Gasteiger partial charge in [-0.05, 0) is 25.0 Å². The van der Waals surface area contributed by atoms with Crippen molar-refractivity contribution in [3.8, 4) is 6.07 Å². The van der Waals surface area contributed by atoms with Gasteiger partial charge < -0.3 is 5.11 Å². The fourth-order valence-corrected chi connectivity index (χ4v) is 2.80. The summed E-state index contributed by atoms with van der Waals surface area (Å²) < 4.78 is 0.869. The zero-order valence-corrected chi connectivity index (χ0v) is 10.9. The van der Waals surface area contributed by atoms with Crippen LogP contribution in [0.1, 0.15) is 30.9 Å². The van der Waals surface area contributed by atoms with Gasteiger partial charge in [0.25, 0.3) is 0 Å². The highest BCUT2D eigenvalue weighted by Gasteiger charge is 2.45. The lowest BCUT2D eigenvalue weighted by molar-refractivity contribution is 0.00801. The van der Waals surface area contributed by atoms with Crippen LogP contribution in [-0.4, -0.2) is 5.11 Å². The Labute approximate surface area is 108 Å². The van der Waals surface area contributed by atoms with E-state index in [9.17, 15) is 5.11 Å². The average molecular weight is 301 g/mol. The summed E-state index contributed by atoms with van der Waals surface area (Å²) in [5.41, 5.74) is 0.0170. The van der Waals surface area contributed by atoms with Crippen molar-refractivity contribution in [2.75, 3.05) is 0 Å². The fraction of sp³-hybridized carbons (Fsp3) is 0.417. The molecule has 1 unspecified atom stereocenters. The number of hydrogen-bond donors (Lipinski definition) is 1. The Bertz CT molecular complexity index is 451. The highest BCUT2D eigenvalue weighted by Crippen LogP contribution is 2.50. The fourth-order valence-electron chi connectivity index (χ4n) is 2.02. The van der Waals surface area contributed by atoms with Gasteiger partial charge in [0.2, 0.25) is 0 Å². The van der Waals surface area contributed by atoms with E-state index in [1.165, 1.54) is 0 Å². The van der Waals surface area contributed by atoms with Crippen LogP contribution in [0, 0.1) is 16.7 Å². The van der Waals surface area contributed by atoms with Gasteiger partial charge in [-0.3, -0.25) is 0 Å². The first-order valence-electron chi connectivity index (χ1n) is 5.13. The first-order chi connectivity index (χ1) is 7.59. The normalized spacial score (nSPS) is 19.6. The summed E-state index contributed by atoms with van der Waals surface area (Å²) in [6.45, 7) is 0. The maximum Gasteiger partial charge on any atom is 0.0990 e. The minimum atomic E-state index is -0.785. The van der Waals surface area contributed by atoms with E-state index in [4.69, 9.17) is 16.9 Å². The molecule has 0 bridgehead atoms. The van der Waals surface area contributed by atoms with Crippen molar-refractivity contribution in [3.05, 3.63) is 33.3 Å². The van der Waals surface area contributed by atoms with Gasteiger partial charge in [0.1, 0.15) is 0 Å². The molecule has 2 nitrogen and oxygen atoms in total. The SMILES string of the molecule is N#CC1(C(O)c2ccc(Br)cc2Cl)CCC1. The lowest BCUT2D eigenvalue weighted by atomic mass is 9.65. The van der Waals surface area contributed by atoms with E-state index < -0.39 is 11.5 Å². The zero-order chi connectivity index (χ0) is 11.8. The van der Waals surface area contributed by atoms with E-state index in [1.54, 1.807) is 12.1 Å². The number of nitrogens with zero attached hydrogens (tertiary/aromatic N) is 1. The van der Waals surface area contributed by atoms with Crippen LogP contribution in [0.15, 0.2) is 22.7 Å². The number of benzene rings is 1. The maximum absolute atomic E-state index is 10.2. The molecule has 1 aliphatic carbocycles. The van der Waals surface area contributed by atoms with Gasteiger partial charge in [-0.15, -0.1) is 0 Å². The molecule has 1 saturated carbocycles. The molecule has 0 amide bonds. The number of hydrogen-bond acceptors (Lipinski definition) is 2. The van der Waals surface area contributed by atoms with Crippen molar-refractivity contribution in [1.29, 1.82) is 5.26 Å². The van der Waals surface area contributed by atoms with E-state index in [-0.39, 0.29) is 0 Å². The van der Waals surface area contributed by atoms with Crippen LogP contribution in [0.25, 0.3) is 0 Å². The Morgan fingerprint density at radius 3 is 2.62 bits per heavy atom. The second-order valence-electron chi connectivity index (χ2n) is 4.19. The molecule has 0 saturated heterocycles. The van der Waals surface area contributed by atoms with Gasteiger partial charge in [-0.1, -0.05) is 40.0 Å². The van der Waals surface area contributed by atoms with Crippen molar-refractivity contribution in [2.24, 2.45) is 5.41 Å². The Hall–Kier alpha value is -0.560. The molecule has 0 aromatic heterocycles. The molecule has 1 aromatic rings. The first kappa shape index (κ1) is 11.9. The molecule has 16 heavy (non-hydrogen) atoms. The Morgan fingerprint density at radius 1 is 1.50 bits per heavy atom. The maximum atomic E-state index is 10.2. The molecule has 1 N–H and O–H groups in total. The number of aliphatic hydroxyl groups is 1. The van der Waals surface area contributed by atoms with Crippen molar-refractivity contribution in [2.45, 2.75) is 25.4 Å². The van der Waals surface area contributed by atoms with Crippen LogP contribution in [0.2, 0.25) is 5.02 Å². The third-order valence-corrected chi connectivity index (χ3v) is 4.07. The van der Waals surface area contributed by atoms with Crippen LogP contribution in [0.4, 0.5) is 0 Å². The number of aliphatic hydroxyl groups excluding tert-OH is 1. The van der Waals surface area contributed by atoms with E-state index >= 15 is 0 Å². The van der Waals surface area contributed by atoms with Crippen LogP contribution < -0.4 is 0 Å². The molecule has 4 heteroatoms. The van der Waals surface area contributed by atoms with Crippen LogP contribution in [-0.2, 0) is 0 Å². The minimum absolute atomic E-state index is 0.503. The lowest BCUT2D eigenvalue weighted by Gasteiger charge is -2.39. The Balaban J connectivity index is 2.34. The summed E-state index contributed by atoms with van der Waals surface area (Å²) in [4.78, 5) is 0. The van der Waals surface area contributed by atoms with E-state index in [1.807, 2.05) is 6.07 Å². The molecule has 0 spiro atoms. The standard InChI is InChI=1S/C12H11BrClNO/c13-8-2-3-9(10(14)6-8)11(16)12(7-15)4-1-5-12/h2-3,6,11,16H,1,4-5H2. The summed E-state index contributed by atoms with van der Waals surface area (Å²) >= 11 is 9.38. The van der Waals surface area contributed by atoms with Crippen molar-refractivity contribution < 1.29 is 5.11 Å². The van der Waals surface area contributed by atoms with Crippen LogP contribution in [0.3, 0.4) is 0 Å². The molecular weight excluding hydrogens is 289 g/mol. The second-order valence-corrected chi connectivity index (χ2v) is 5.51. The zero-order valence-electron chi connectivity index (χ0n) is 8.58. The molecule has 2 rings (SSSR count). The minimum Gasteiger partial charge on any atom is -0.387 e. The van der Waals surface area contributed by atoms with E-state index in [0.29, 0.717) is 10.6 Å². The average Bonchev–Trinajstić information content (AvgIpc) is 2.16. The molecule has 0 aliphatic heterocycles. The Morgan fingerprint density at radius 2 is 2.19 bits per heavy atom. The number of rotatable bonds is 2. The molecule has 1 atom stereocenters. The monoisotopic (exact) mass is 299 g/mol. The van der Waals surface area contributed by atoms with Crippen molar-refractivity contribution in [1.82, 2.24) is 0 Å². The van der Waals surface area contributed by atoms with E-state index in [2.05, 4.69) is 22.0 Å². The number of halogens is 2. The predicted octanol–water partition coefficient (Wildman–Crippen LogP) is 3.83. The smallest absolute Gasteiger partial charge is 0.0990 e. The van der Waals surface area contributed by atoms with Gasteiger partial charge in [-0.25, -0.2) is 0 Å². The van der Waals surface area contributed by atoms with Crippen LogP contribution >= 0.6 is 27.5 Å². The summed E-state index contributed by atoms with van der Waals surface area (Å²) in [6, 6.07) is 7.57. The van der Waals surface area contributed by atoms with Gasteiger partial charge in [0.15, 0.2) is 0 Å². The van der Waals surface area contributed by atoms with Crippen molar-refractivity contribution >= 4 is 27.5 Å². The molecule has 84 valence electrons. The Kier molecular flexibility index (Phi) is 3.25. The summed E-state index contributed by atoms with van der Waals surface area (Å²) in [6.07, 6.45) is 1.71. The first-order valence-corrected chi connectivity index (χ1v) is 6.30. The molecule has 1 aromatic carbocycles. The van der Waals surface area contributed by atoms with Gasteiger partial charge in [0, 0.05) is 15.1 Å². The molecular formula is C12H11BrClNO. The van der Waals surface area contributed by atoms with Crippen LogP contribution in [0.5, 0.6) is 0 Å². The van der Waals surface area contributed by atoms with Gasteiger partial charge in [0.05, 0.1) is 17.6 Å². The summed E-state index contributed by atoms with van der Waals surface area (Å²) in [7, 11) is 0. The molecule has 0 radical (unpaired) electrons. The van der Waals surface area contributed by atoms with Gasteiger partial charge >= 0.3 is 0 Å². The molecule has 1 aliphatic rings. The highest BCUT2D eigenvalue weighted by molar-refractivity contribution is 9.10. The summed E-state index contributed by atoms with van der Waals surface area (Å²) in [5.74, 6) is 0. The molecule has 1 fully saturated rings. The van der Waals surface area contributed by atoms with Gasteiger partial charge in [-0.2, -0.15) is 5.26 Å². The third kappa shape index (κ3) is 1.86. The highest BCUT2D eigenvalue weighted by atomic mass is 79.9. The largest absolute Gasteiger partial charge is 0.387 e. The second kappa shape index (κ2) is 4.37. The predicted molar refractivity (Wildman–Crippen MR) is 66.0 cm³/mol.